The topological polar surface area (TPSA) is 63.7 Å². The second-order valence-corrected chi connectivity index (χ2v) is 9.61. The van der Waals surface area contributed by atoms with Crippen LogP contribution in [0.15, 0.2) is 59.5 Å². The Hall–Kier alpha value is -1.76. The van der Waals surface area contributed by atoms with E-state index in [0.717, 1.165) is 4.31 Å². The van der Waals surface area contributed by atoms with E-state index in [2.05, 4.69) is 0 Å². The van der Waals surface area contributed by atoms with Crippen molar-refractivity contribution in [3.05, 3.63) is 60.2 Å². The smallest absolute Gasteiger partial charge is 0.338 e. The van der Waals surface area contributed by atoms with Crippen molar-refractivity contribution in [2.45, 2.75) is 15.6 Å². The molecule has 2 aromatic rings. The van der Waals surface area contributed by atoms with Crippen LogP contribution in [0, 0.1) is 5.92 Å². The van der Waals surface area contributed by atoms with Gasteiger partial charge in [0.1, 0.15) is 4.33 Å². The van der Waals surface area contributed by atoms with Gasteiger partial charge in [-0.3, -0.25) is 4.31 Å². The number of para-hydroxylation sites is 1. The van der Waals surface area contributed by atoms with E-state index in [1.165, 1.54) is 31.3 Å². The van der Waals surface area contributed by atoms with Crippen LogP contribution in [0.25, 0.3) is 0 Å². The number of alkyl halides is 2. The Labute approximate surface area is 162 Å². The first-order valence-electron chi connectivity index (χ1n) is 7.91. The highest BCUT2D eigenvalue weighted by atomic mass is 35.5. The zero-order valence-electron chi connectivity index (χ0n) is 13.9. The SMILES string of the molecule is CN(c1ccccc1)S(=O)(=O)c1cccc(C(=O)OC[C@H]2CC2(Cl)Cl)c1. The molecule has 0 aliphatic heterocycles. The summed E-state index contributed by atoms with van der Waals surface area (Å²) in [7, 11) is -2.34. The molecule has 1 atom stereocenters. The largest absolute Gasteiger partial charge is 0.462 e. The standard InChI is InChI=1S/C18H17Cl2NO4S/c1-21(15-7-3-2-4-8-15)26(23,24)16-9-5-6-13(10-16)17(22)25-12-14-11-18(14,19)20/h2-10,14H,11-12H2,1H3/t14-/m1/s1. The van der Waals surface area contributed by atoms with Gasteiger partial charge in [0.15, 0.2) is 0 Å². The van der Waals surface area contributed by atoms with Crippen LogP contribution in [0.5, 0.6) is 0 Å². The highest BCUT2D eigenvalue weighted by Gasteiger charge is 2.52. The molecule has 0 saturated heterocycles. The van der Waals surface area contributed by atoms with E-state index >= 15 is 0 Å². The Balaban J connectivity index is 1.76. The van der Waals surface area contributed by atoms with Crippen LogP contribution in [0.2, 0.25) is 0 Å². The minimum absolute atomic E-state index is 0.00811. The van der Waals surface area contributed by atoms with Crippen molar-refractivity contribution in [1.82, 2.24) is 0 Å². The minimum atomic E-state index is -3.80. The van der Waals surface area contributed by atoms with Crippen molar-refractivity contribution in [2.75, 3.05) is 18.0 Å². The van der Waals surface area contributed by atoms with Gasteiger partial charge in [-0.25, -0.2) is 13.2 Å². The highest BCUT2D eigenvalue weighted by molar-refractivity contribution is 7.92. The third kappa shape index (κ3) is 3.98. The molecule has 3 rings (SSSR count). The van der Waals surface area contributed by atoms with Crippen molar-refractivity contribution in [3.63, 3.8) is 0 Å². The number of hydrogen-bond acceptors (Lipinski definition) is 4. The van der Waals surface area contributed by atoms with E-state index in [9.17, 15) is 13.2 Å². The molecular formula is C18H17Cl2NO4S. The fraction of sp³-hybridized carbons (Fsp3) is 0.278. The monoisotopic (exact) mass is 413 g/mol. The Bertz CT molecular complexity index is 916. The number of anilines is 1. The summed E-state index contributed by atoms with van der Waals surface area (Å²) in [6.07, 6.45) is 0.569. The average molecular weight is 414 g/mol. The van der Waals surface area contributed by atoms with E-state index in [1.54, 1.807) is 30.3 Å². The number of carbonyl (C=O) groups excluding carboxylic acids is 1. The summed E-state index contributed by atoms with van der Waals surface area (Å²) in [5.74, 6) is -0.702. The van der Waals surface area contributed by atoms with Gasteiger partial charge < -0.3 is 4.74 Å². The number of esters is 1. The van der Waals surface area contributed by atoms with E-state index in [1.807, 2.05) is 0 Å². The first kappa shape index (κ1) is 19.0. The van der Waals surface area contributed by atoms with Crippen molar-refractivity contribution in [3.8, 4) is 0 Å². The molecule has 0 radical (unpaired) electrons. The average Bonchev–Trinajstić information content (AvgIpc) is 3.26. The Morgan fingerprint density at radius 2 is 1.85 bits per heavy atom. The molecule has 1 saturated carbocycles. The molecule has 8 heteroatoms. The molecule has 0 spiro atoms. The van der Waals surface area contributed by atoms with Gasteiger partial charge in [-0.2, -0.15) is 0 Å². The third-order valence-corrected chi connectivity index (χ3v) is 6.93. The van der Waals surface area contributed by atoms with Crippen molar-refractivity contribution >= 4 is 44.9 Å². The Morgan fingerprint density at radius 3 is 2.46 bits per heavy atom. The molecule has 0 N–H and O–H groups in total. The van der Waals surface area contributed by atoms with E-state index in [0.29, 0.717) is 12.1 Å². The Kier molecular flexibility index (Phi) is 5.19. The number of ether oxygens (including phenoxy) is 1. The van der Waals surface area contributed by atoms with Gasteiger partial charge in [-0.15, -0.1) is 23.2 Å². The van der Waals surface area contributed by atoms with Crippen LogP contribution < -0.4 is 4.31 Å². The predicted octanol–water partition coefficient (Wildman–Crippen LogP) is 3.86. The molecule has 0 amide bonds. The number of halogens is 2. The number of hydrogen-bond donors (Lipinski definition) is 0. The van der Waals surface area contributed by atoms with Crippen molar-refractivity contribution < 1.29 is 17.9 Å². The van der Waals surface area contributed by atoms with E-state index in [-0.39, 0.29) is 23.0 Å². The van der Waals surface area contributed by atoms with Gasteiger partial charge in [0.2, 0.25) is 0 Å². The summed E-state index contributed by atoms with van der Waals surface area (Å²) in [5.41, 5.74) is 0.678. The van der Waals surface area contributed by atoms with Crippen LogP contribution in [0.3, 0.4) is 0 Å². The summed E-state index contributed by atoms with van der Waals surface area (Å²) in [6.45, 7) is 0.104. The zero-order chi connectivity index (χ0) is 18.9. The van der Waals surface area contributed by atoms with E-state index < -0.39 is 20.3 Å². The highest BCUT2D eigenvalue weighted by Crippen LogP contribution is 2.53. The lowest BCUT2D eigenvalue weighted by molar-refractivity contribution is 0.0485. The van der Waals surface area contributed by atoms with Gasteiger partial charge in [0, 0.05) is 13.0 Å². The fourth-order valence-electron chi connectivity index (χ4n) is 2.43. The first-order chi connectivity index (χ1) is 12.2. The summed E-state index contributed by atoms with van der Waals surface area (Å²) in [4.78, 5) is 12.2. The molecule has 1 aliphatic carbocycles. The molecule has 138 valence electrons. The molecular weight excluding hydrogens is 397 g/mol. The summed E-state index contributed by atoms with van der Waals surface area (Å²) >= 11 is 11.8. The van der Waals surface area contributed by atoms with Crippen molar-refractivity contribution in [2.24, 2.45) is 5.92 Å². The maximum Gasteiger partial charge on any atom is 0.338 e. The van der Waals surface area contributed by atoms with Gasteiger partial charge >= 0.3 is 5.97 Å². The molecule has 0 unspecified atom stereocenters. The number of rotatable bonds is 6. The summed E-state index contributed by atoms with van der Waals surface area (Å²) < 4.78 is 31.1. The molecule has 0 bridgehead atoms. The summed E-state index contributed by atoms with van der Waals surface area (Å²) in [5, 5.41) is 0. The van der Waals surface area contributed by atoms with Gasteiger partial charge in [0.25, 0.3) is 10.0 Å². The maximum absolute atomic E-state index is 12.8. The molecule has 1 fully saturated rings. The number of nitrogens with zero attached hydrogens (tertiary/aromatic N) is 1. The van der Waals surface area contributed by atoms with Crippen LogP contribution in [-0.2, 0) is 14.8 Å². The quantitative estimate of drug-likeness (QED) is 0.532. The molecule has 0 heterocycles. The first-order valence-corrected chi connectivity index (χ1v) is 10.1. The maximum atomic E-state index is 12.8. The van der Waals surface area contributed by atoms with Gasteiger partial charge in [0.05, 0.1) is 22.8 Å². The Morgan fingerprint density at radius 1 is 1.19 bits per heavy atom. The van der Waals surface area contributed by atoms with Gasteiger partial charge in [-0.05, 0) is 36.8 Å². The van der Waals surface area contributed by atoms with Crippen LogP contribution in [0.4, 0.5) is 5.69 Å². The lowest BCUT2D eigenvalue weighted by Gasteiger charge is -2.19. The van der Waals surface area contributed by atoms with Gasteiger partial charge in [-0.1, -0.05) is 24.3 Å². The van der Waals surface area contributed by atoms with Crippen LogP contribution in [0.1, 0.15) is 16.8 Å². The molecule has 2 aromatic carbocycles. The minimum Gasteiger partial charge on any atom is -0.462 e. The molecule has 0 aromatic heterocycles. The summed E-state index contributed by atoms with van der Waals surface area (Å²) in [6, 6.07) is 14.4. The molecule has 5 nitrogen and oxygen atoms in total. The number of benzene rings is 2. The van der Waals surface area contributed by atoms with Crippen molar-refractivity contribution in [1.29, 1.82) is 0 Å². The predicted molar refractivity (Wildman–Crippen MR) is 101 cm³/mol. The number of carbonyl (C=O) groups is 1. The number of sulfonamides is 1. The molecule has 1 aliphatic rings. The second-order valence-electron chi connectivity index (χ2n) is 6.10. The normalized spacial score (nSPS) is 18.2. The second kappa shape index (κ2) is 7.10. The lowest BCUT2D eigenvalue weighted by Crippen LogP contribution is -2.26. The lowest BCUT2D eigenvalue weighted by atomic mass is 10.2. The van der Waals surface area contributed by atoms with E-state index in [4.69, 9.17) is 27.9 Å². The zero-order valence-corrected chi connectivity index (χ0v) is 16.3. The molecule has 26 heavy (non-hydrogen) atoms. The third-order valence-electron chi connectivity index (χ3n) is 4.22. The van der Waals surface area contributed by atoms with Crippen LogP contribution >= 0.6 is 23.2 Å². The fourth-order valence-corrected chi connectivity index (χ4v) is 4.17. The van der Waals surface area contributed by atoms with Crippen LogP contribution in [-0.4, -0.2) is 32.4 Å².